The Hall–Kier alpha value is -0.810. The first-order chi connectivity index (χ1) is 8.25. The molecule has 96 valence electrons. The molecule has 1 unspecified atom stereocenters. The number of likely N-dealkylation sites (tertiary alicyclic amines) is 1. The van der Waals surface area contributed by atoms with Crippen LogP contribution in [0.15, 0.2) is 6.20 Å². The van der Waals surface area contributed by atoms with Gasteiger partial charge in [0, 0.05) is 19.1 Å². The highest BCUT2D eigenvalue weighted by atomic mass is 32.1. The number of anilines is 2. The van der Waals surface area contributed by atoms with Crippen LogP contribution in [0, 0.1) is 0 Å². The van der Waals surface area contributed by atoms with Crippen LogP contribution in [-0.4, -0.2) is 35.6 Å². The number of hydrogen-bond acceptors (Lipinski definition) is 5. The normalized spacial score (nSPS) is 21.6. The summed E-state index contributed by atoms with van der Waals surface area (Å²) in [5, 5.41) is 5.03. The molecule has 1 atom stereocenters. The lowest BCUT2D eigenvalue weighted by Gasteiger charge is -2.33. The lowest BCUT2D eigenvalue weighted by atomic mass is 10.0. The van der Waals surface area contributed by atoms with Crippen LogP contribution in [0.4, 0.5) is 10.1 Å². The average Bonchev–Trinajstić information content (AvgIpc) is 2.73. The number of aromatic nitrogens is 1. The molecule has 2 heterocycles. The molecule has 0 saturated carbocycles. The molecule has 1 aliphatic heterocycles. The van der Waals surface area contributed by atoms with Crippen molar-refractivity contribution in [3.63, 3.8) is 0 Å². The predicted molar refractivity (Wildman–Crippen MR) is 74.5 cm³/mol. The van der Waals surface area contributed by atoms with Gasteiger partial charge in [-0.15, -0.1) is 0 Å². The van der Waals surface area contributed by atoms with Gasteiger partial charge in [-0.1, -0.05) is 17.8 Å². The van der Waals surface area contributed by atoms with Gasteiger partial charge in [-0.05, 0) is 32.7 Å². The van der Waals surface area contributed by atoms with Gasteiger partial charge in [-0.2, -0.15) is 0 Å². The minimum Gasteiger partial charge on any atom is -0.389 e. The molecule has 1 aromatic heterocycles. The molecule has 1 aliphatic rings. The molecule has 4 nitrogen and oxygen atoms in total. The van der Waals surface area contributed by atoms with Crippen molar-refractivity contribution in [1.29, 1.82) is 0 Å². The van der Waals surface area contributed by atoms with Crippen molar-refractivity contribution in [1.82, 2.24) is 9.88 Å². The van der Waals surface area contributed by atoms with Crippen LogP contribution >= 0.6 is 11.3 Å². The van der Waals surface area contributed by atoms with Gasteiger partial charge in [-0.3, -0.25) is 0 Å². The van der Waals surface area contributed by atoms with E-state index in [4.69, 9.17) is 5.73 Å². The SMILES string of the molecule is CC1CCCCN1CCCNc1ncc(N)s1. The number of thiazole rings is 1. The lowest BCUT2D eigenvalue weighted by molar-refractivity contribution is 0.160. The molecular formula is C12H22N4S. The summed E-state index contributed by atoms with van der Waals surface area (Å²) in [4.78, 5) is 6.78. The monoisotopic (exact) mass is 254 g/mol. The summed E-state index contributed by atoms with van der Waals surface area (Å²) in [5.74, 6) is 0. The second-order valence-electron chi connectivity index (χ2n) is 4.73. The van der Waals surface area contributed by atoms with E-state index in [-0.39, 0.29) is 0 Å². The Morgan fingerprint density at radius 1 is 1.59 bits per heavy atom. The number of nitrogen functional groups attached to an aromatic ring is 1. The summed E-state index contributed by atoms with van der Waals surface area (Å²) in [6.07, 6.45) is 7.00. The number of nitrogens with two attached hydrogens (primary N) is 1. The number of nitrogens with zero attached hydrogens (tertiary/aromatic N) is 2. The van der Waals surface area contributed by atoms with Crippen LogP contribution in [0.2, 0.25) is 0 Å². The molecule has 5 heteroatoms. The van der Waals surface area contributed by atoms with Gasteiger partial charge >= 0.3 is 0 Å². The van der Waals surface area contributed by atoms with Gasteiger partial charge < -0.3 is 16.0 Å². The van der Waals surface area contributed by atoms with E-state index in [1.54, 1.807) is 6.20 Å². The molecule has 1 saturated heterocycles. The summed E-state index contributed by atoms with van der Waals surface area (Å²) in [6, 6.07) is 0.763. The zero-order valence-electron chi connectivity index (χ0n) is 10.5. The van der Waals surface area contributed by atoms with Crippen molar-refractivity contribution in [2.45, 2.75) is 38.6 Å². The van der Waals surface area contributed by atoms with Crippen molar-refractivity contribution >= 4 is 21.5 Å². The van der Waals surface area contributed by atoms with E-state index in [1.807, 2.05) is 0 Å². The van der Waals surface area contributed by atoms with Crippen LogP contribution in [-0.2, 0) is 0 Å². The maximum Gasteiger partial charge on any atom is 0.184 e. The molecule has 0 amide bonds. The number of piperidine rings is 1. The first-order valence-electron chi connectivity index (χ1n) is 6.45. The van der Waals surface area contributed by atoms with Crippen molar-refractivity contribution in [3.05, 3.63) is 6.20 Å². The van der Waals surface area contributed by atoms with Crippen LogP contribution in [0.5, 0.6) is 0 Å². The topological polar surface area (TPSA) is 54.2 Å². The second-order valence-corrected chi connectivity index (χ2v) is 5.79. The van der Waals surface area contributed by atoms with Crippen molar-refractivity contribution in [2.75, 3.05) is 30.7 Å². The number of rotatable bonds is 5. The molecule has 0 radical (unpaired) electrons. The first-order valence-corrected chi connectivity index (χ1v) is 7.26. The molecule has 0 bridgehead atoms. The fourth-order valence-corrected chi connectivity index (χ4v) is 2.94. The summed E-state index contributed by atoms with van der Waals surface area (Å²) in [6.45, 7) is 5.78. The quantitative estimate of drug-likeness (QED) is 0.792. The molecule has 17 heavy (non-hydrogen) atoms. The van der Waals surface area contributed by atoms with Crippen molar-refractivity contribution in [2.24, 2.45) is 0 Å². The first kappa shape index (κ1) is 12.6. The van der Waals surface area contributed by atoms with E-state index < -0.39 is 0 Å². The predicted octanol–water partition coefficient (Wildman–Crippen LogP) is 2.40. The Bertz CT molecular complexity index is 339. The molecule has 1 aromatic rings. The second kappa shape index (κ2) is 6.21. The van der Waals surface area contributed by atoms with Gasteiger partial charge in [0.05, 0.1) is 6.20 Å². The van der Waals surface area contributed by atoms with Crippen molar-refractivity contribution in [3.8, 4) is 0 Å². The van der Waals surface area contributed by atoms with E-state index in [0.29, 0.717) is 0 Å². The summed E-state index contributed by atoms with van der Waals surface area (Å²) in [5.41, 5.74) is 5.63. The molecule has 0 aliphatic carbocycles. The maximum absolute atomic E-state index is 5.63. The van der Waals surface area contributed by atoms with Crippen LogP contribution < -0.4 is 11.1 Å². The van der Waals surface area contributed by atoms with E-state index >= 15 is 0 Å². The minimum atomic E-state index is 0.763. The molecule has 0 aromatic carbocycles. The standard InChI is InChI=1S/C12H22N4S/c1-10-5-2-3-7-16(10)8-4-6-14-12-15-9-11(13)17-12/h9-10H,2-8,13H2,1H3,(H,14,15). The average molecular weight is 254 g/mol. The Balaban J connectivity index is 1.62. The summed E-state index contributed by atoms with van der Waals surface area (Å²) >= 11 is 1.52. The smallest absolute Gasteiger partial charge is 0.184 e. The molecule has 3 N–H and O–H groups in total. The van der Waals surface area contributed by atoms with Crippen LogP contribution in [0.3, 0.4) is 0 Å². The fourth-order valence-electron chi connectivity index (χ4n) is 2.34. The third-order valence-electron chi connectivity index (χ3n) is 3.36. The molecule has 2 rings (SSSR count). The Kier molecular flexibility index (Phi) is 4.62. The minimum absolute atomic E-state index is 0.763. The van der Waals surface area contributed by atoms with E-state index in [9.17, 15) is 0 Å². The number of hydrogen-bond donors (Lipinski definition) is 2. The van der Waals surface area contributed by atoms with Gasteiger partial charge in [0.1, 0.15) is 5.00 Å². The number of nitrogens with one attached hydrogen (secondary N) is 1. The van der Waals surface area contributed by atoms with Crippen molar-refractivity contribution < 1.29 is 0 Å². The summed E-state index contributed by atoms with van der Waals surface area (Å²) in [7, 11) is 0. The largest absolute Gasteiger partial charge is 0.389 e. The van der Waals surface area contributed by atoms with Gasteiger partial charge in [-0.25, -0.2) is 4.98 Å². The highest BCUT2D eigenvalue weighted by molar-refractivity contribution is 7.19. The molecular weight excluding hydrogens is 232 g/mol. The van der Waals surface area contributed by atoms with Crippen LogP contribution in [0.25, 0.3) is 0 Å². The Labute approximate surface area is 107 Å². The zero-order chi connectivity index (χ0) is 12.1. The highest BCUT2D eigenvalue weighted by Crippen LogP contribution is 2.19. The van der Waals surface area contributed by atoms with Gasteiger partial charge in [0.2, 0.25) is 0 Å². The summed E-state index contributed by atoms with van der Waals surface area (Å²) < 4.78 is 0. The highest BCUT2D eigenvalue weighted by Gasteiger charge is 2.16. The van der Waals surface area contributed by atoms with E-state index in [1.165, 1.54) is 50.1 Å². The van der Waals surface area contributed by atoms with Crippen LogP contribution in [0.1, 0.15) is 32.6 Å². The maximum atomic E-state index is 5.63. The van der Waals surface area contributed by atoms with Gasteiger partial charge in [0.15, 0.2) is 5.13 Å². The van der Waals surface area contributed by atoms with Gasteiger partial charge in [0.25, 0.3) is 0 Å². The van der Waals surface area contributed by atoms with E-state index in [0.717, 1.165) is 22.7 Å². The fraction of sp³-hybridized carbons (Fsp3) is 0.750. The third-order valence-corrected chi connectivity index (χ3v) is 4.15. The Morgan fingerprint density at radius 3 is 3.18 bits per heavy atom. The van der Waals surface area contributed by atoms with E-state index in [2.05, 4.69) is 22.1 Å². The lowest BCUT2D eigenvalue weighted by Crippen LogP contribution is -2.38. The Morgan fingerprint density at radius 2 is 2.47 bits per heavy atom. The molecule has 0 spiro atoms. The molecule has 1 fully saturated rings. The zero-order valence-corrected chi connectivity index (χ0v) is 11.3. The third kappa shape index (κ3) is 3.85.